The lowest BCUT2D eigenvalue weighted by Crippen LogP contribution is -2.40. The van der Waals surface area contributed by atoms with E-state index in [1.54, 1.807) is 7.05 Å². The second kappa shape index (κ2) is 13.6. The molecule has 1 rings (SSSR count). The van der Waals surface area contributed by atoms with E-state index >= 15 is 0 Å². The van der Waals surface area contributed by atoms with E-state index in [0.29, 0.717) is 6.61 Å². The molecule has 0 aromatic heterocycles. The van der Waals surface area contributed by atoms with Gasteiger partial charge in [0.25, 0.3) is 0 Å². The number of para-hydroxylation sites is 1. The molecular formula is C16H29IN4O. The molecule has 0 aliphatic rings. The minimum Gasteiger partial charge on any atom is -0.380 e. The summed E-state index contributed by atoms with van der Waals surface area (Å²) in [7, 11) is 3.90. The van der Waals surface area contributed by atoms with Crippen LogP contribution in [0.3, 0.4) is 0 Å². The summed E-state index contributed by atoms with van der Waals surface area (Å²) in [5.74, 6) is 0.831. The van der Waals surface area contributed by atoms with Crippen molar-refractivity contribution in [3.05, 3.63) is 30.3 Å². The number of anilines is 1. The molecule has 0 aliphatic heterocycles. The van der Waals surface area contributed by atoms with E-state index in [2.05, 4.69) is 51.8 Å². The Balaban J connectivity index is 0.00000441. The topological polar surface area (TPSA) is 48.9 Å². The minimum atomic E-state index is 0. The number of hydrogen-bond acceptors (Lipinski definition) is 3. The van der Waals surface area contributed by atoms with E-state index < -0.39 is 0 Å². The SMILES string of the molecule is CCOCCNC(=NC)NCCCN(C)c1ccccc1.I. The molecule has 0 radical (unpaired) electrons. The third-order valence-electron chi connectivity index (χ3n) is 3.13. The van der Waals surface area contributed by atoms with Crippen LogP contribution in [0.15, 0.2) is 35.3 Å². The molecule has 22 heavy (non-hydrogen) atoms. The van der Waals surface area contributed by atoms with E-state index in [9.17, 15) is 0 Å². The van der Waals surface area contributed by atoms with Crippen molar-refractivity contribution in [1.82, 2.24) is 10.6 Å². The molecule has 0 saturated heterocycles. The van der Waals surface area contributed by atoms with Crippen LogP contribution in [0.4, 0.5) is 5.69 Å². The van der Waals surface area contributed by atoms with Crippen molar-refractivity contribution < 1.29 is 4.74 Å². The molecule has 2 N–H and O–H groups in total. The zero-order chi connectivity index (χ0) is 15.3. The van der Waals surface area contributed by atoms with Gasteiger partial charge in [-0.3, -0.25) is 4.99 Å². The maximum atomic E-state index is 5.28. The average Bonchev–Trinajstić information content (AvgIpc) is 2.54. The van der Waals surface area contributed by atoms with E-state index in [-0.39, 0.29) is 24.0 Å². The lowest BCUT2D eigenvalue weighted by Gasteiger charge is -2.19. The number of rotatable bonds is 9. The maximum Gasteiger partial charge on any atom is 0.191 e. The predicted molar refractivity (Wildman–Crippen MR) is 106 cm³/mol. The summed E-state index contributed by atoms with van der Waals surface area (Å²) >= 11 is 0. The van der Waals surface area contributed by atoms with Gasteiger partial charge in [0.05, 0.1) is 6.61 Å². The largest absolute Gasteiger partial charge is 0.380 e. The Morgan fingerprint density at radius 1 is 1.18 bits per heavy atom. The van der Waals surface area contributed by atoms with Gasteiger partial charge in [0.15, 0.2) is 5.96 Å². The van der Waals surface area contributed by atoms with Crippen LogP contribution < -0.4 is 15.5 Å². The summed E-state index contributed by atoms with van der Waals surface area (Å²) < 4.78 is 5.28. The van der Waals surface area contributed by atoms with E-state index in [4.69, 9.17) is 4.74 Å². The zero-order valence-corrected chi connectivity index (χ0v) is 16.2. The van der Waals surface area contributed by atoms with E-state index in [0.717, 1.165) is 38.6 Å². The van der Waals surface area contributed by atoms with Crippen LogP contribution in [0.25, 0.3) is 0 Å². The van der Waals surface area contributed by atoms with Crippen molar-refractivity contribution in [3.63, 3.8) is 0 Å². The summed E-state index contributed by atoms with van der Waals surface area (Å²) in [5.41, 5.74) is 1.25. The summed E-state index contributed by atoms with van der Waals surface area (Å²) in [6, 6.07) is 10.4. The molecule has 6 heteroatoms. The molecule has 0 atom stereocenters. The van der Waals surface area contributed by atoms with Crippen LogP contribution in [0.1, 0.15) is 13.3 Å². The second-order valence-electron chi connectivity index (χ2n) is 4.73. The van der Waals surface area contributed by atoms with Crippen LogP contribution >= 0.6 is 24.0 Å². The number of guanidine groups is 1. The smallest absolute Gasteiger partial charge is 0.191 e. The van der Waals surface area contributed by atoms with Crippen LogP contribution in [0.5, 0.6) is 0 Å². The number of benzene rings is 1. The highest BCUT2D eigenvalue weighted by Gasteiger charge is 2.00. The molecule has 0 heterocycles. The van der Waals surface area contributed by atoms with Gasteiger partial charge in [0, 0.05) is 46.0 Å². The van der Waals surface area contributed by atoms with Crippen molar-refractivity contribution in [3.8, 4) is 0 Å². The number of hydrogen-bond donors (Lipinski definition) is 2. The van der Waals surface area contributed by atoms with Gasteiger partial charge in [0.2, 0.25) is 0 Å². The maximum absolute atomic E-state index is 5.28. The van der Waals surface area contributed by atoms with Gasteiger partial charge in [-0.05, 0) is 25.5 Å². The number of nitrogens with one attached hydrogen (secondary N) is 2. The Morgan fingerprint density at radius 2 is 1.86 bits per heavy atom. The molecule has 0 fully saturated rings. The molecule has 1 aromatic rings. The third-order valence-corrected chi connectivity index (χ3v) is 3.13. The van der Waals surface area contributed by atoms with Crippen LogP contribution in [-0.4, -0.2) is 52.9 Å². The van der Waals surface area contributed by atoms with Gasteiger partial charge in [-0.25, -0.2) is 0 Å². The monoisotopic (exact) mass is 420 g/mol. The fraction of sp³-hybridized carbons (Fsp3) is 0.562. The van der Waals surface area contributed by atoms with Crippen LogP contribution in [0, 0.1) is 0 Å². The van der Waals surface area contributed by atoms with Gasteiger partial charge in [-0.1, -0.05) is 18.2 Å². The first-order valence-corrected chi connectivity index (χ1v) is 7.56. The lowest BCUT2D eigenvalue weighted by atomic mass is 10.3. The van der Waals surface area contributed by atoms with Gasteiger partial charge in [0.1, 0.15) is 0 Å². The number of halogens is 1. The first-order chi connectivity index (χ1) is 10.3. The third kappa shape index (κ3) is 9.09. The molecule has 0 saturated carbocycles. The quantitative estimate of drug-likeness (QED) is 0.279. The summed E-state index contributed by atoms with van der Waals surface area (Å²) in [4.78, 5) is 6.44. The lowest BCUT2D eigenvalue weighted by molar-refractivity contribution is 0.152. The van der Waals surface area contributed by atoms with Crippen LogP contribution in [-0.2, 0) is 4.74 Å². The Kier molecular flexibility index (Phi) is 13.0. The predicted octanol–water partition coefficient (Wildman–Crippen LogP) is 2.33. The first kappa shape index (κ1) is 21.0. The Labute approximate surface area is 151 Å². The van der Waals surface area contributed by atoms with Crippen molar-refractivity contribution in [1.29, 1.82) is 0 Å². The highest BCUT2D eigenvalue weighted by molar-refractivity contribution is 14.0. The highest BCUT2D eigenvalue weighted by atomic mass is 127. The minimum absolute atomic E-state index is 0. The molecule has 5 nitrogen and oxygen atoms in total. The van der Waals surface area contributed by atoms with Gasteiger partial charge < -0.3 is 20.3 Å². The molecule has 0 spiro atoms. The fourth-order valence-corrected chi connectivity index (χ4v) is 1.94. The Morgan fingerprint density at radius 3 is 2.50 bits per heavy atom. The molecule has 0 unspecified atom stereocenters. The number of aliphatic imine (C=N–C) groups is 1. The van der Waals surface area contributed by atoms with Crippen LogP contribution in [0.2, 0.25) is 0 Å². The first-order valence-electron chi connectivity index (χ1n) is 7.56. The van der Waals surface area contributed by atoms with E-state index in [1.807, 2.05) is 13.0 Å². The fourth-order valence-electron chi connectivity index (χ4n) is 1.94. The molecule has 1 aromatic carbocycles. The van der Waals surface area contributed by atoms with Gasteiger partial charge in [-0.15, -0.1) is 24.0 Å². The summed E-state index contributed by atoms with van der Waals surface area (Å²) in [5, 5.41) is 6.53. The molecule has 0 amide bonds. The zero-order valence-electron chi connectivity index (χ0n) is 13.8. The number of ether oxygens (including phenoxy) is 1. The van der Waals surface area contributed by atoms with Gasteiger partial charge in [-0.2, -0.15) is 0 Å². The average molecular weight is 420 g/mol. The summed E-state index contributed by atoms with van der Waals surface area (Å²) in [6.07, 6.45) is 1.05. The highest BCUT2D eigenvalue weighted by Crippen LogP contribution is 2.10. The van der Waals surface area contributed by atoms with Crippen molar-refractivity contribution in [2.75, 3.05) is 51.8 Å². The van der Waals surface area contributed by atoms with Gasteiger partial charge >= 0.3 is 0 Å². The molecular weight excluding hydrogens is 391 g/mol. The second-order valence-corrected chi connectivity index (χ2v) is 4.73. The standard InChI is InChI=1S/C16H28N4O.HI/c1-4-21-14-12-19-16(17-2)18-11-8-13-20(3)15-9-6-5-7-10-15;/h5-7,9-10H,4,8,11-14H2,1-3H3,(H2,17,18,19);1H. The Hall–Kier alpha value is -1.02. The van der Waals surface area contributed by atoms with Crippen molar-refractivity contribution >= 4 is 35.6 Å². The normalized spacial score (nSPS) is 10.8. The van der Waals surface area contributed by atoms with Crippen molar-refractivity contribution in [2.45, 2.75) is 13.3 Å². The number of nitrogens with zero attached hydrogens (tertiary/aromatic N) is 2. The summed E-state index contributed by atoms with van der Waals surface area (Å²) in [6.45, 7) is 6.12. The molecule has 126 valence electrons. The van der Waals surface area contributed by atoms with Crippen molar-refractivity contribution in [2.24, 2.45) is 4.99 Å². The molecule has 0 bridgehead atoms. The Bertz CT molecular complexity index is 400. The molecule has 0 aliphatic carbocycles. The van der Waals surface area contributed by atoms with E-state index in [1.165, 1.54) is 5.69 Å².